The van der Waals surface area contributed by atoms with Crippen LogP contribution in [-0.2, 0) is 4.79 Å². The number of carboxylic acid groups (broad SMARTS) is 1. The molecule has 0 atom stereocenters. The number of nitrogens with zero attached hydrogens (tertiary/aromatic N) is 2. The van der Waals surface area contributed by atoms with Crippen molar-refractivity contribution < 1.29 is 14.8 Å². The first kappa shape index (κ1) is 15.2. The molecule has 1 aromatic rings. The Kier molecular flexibility index (Phi) is 4.40. The van der Waals surface area contributed by atoms with Crippen LogP contribution in [0.25, 0.3) is 0 Å². The molecule has 1 fully saturated rings. The van der Waals surface area contributed by atoms with Crippen LogP contribution in [0, 0.1) is 21.4 Å². The summed E-state index contributed by atoms with van der Waals surface area (Å²) in [6.45, 7) is 2.27. The number of aliphatic carboxylic acids is 1. The number of nitrogens with one attached hydrogen (secondary N) is 1. The molecular weight excluding hydrogens is 274 g/mol. The normalized spacial score (nSPS) is 25.3. The highest BCUT2D eigenvalue weighted by atomic mass is 16.6. The van der Waals surface area contributed by atoms with Gasteiger partial charge < -0.3 is 10.4 Å². The summed E-state index contributed by atoms with van der Waals surface area (Å²) in [7, 11) is 0. The highest BCUT2D eigenvalue weighted by Gasteiger charge is 2.41. The first-order valence-electron chi connectivity index (χ1n) is 7.01. The van der Waals surface area contributed by atoms with Crippen molar-refractivity contribution in [1.29, 1.82) is 0 Å². The number of carboxylic acids is 1. The van der Waals surface area contributed by atoms with Gasteiger partial charge in [-0.3, -0.25) is 14.9 Å². The van der Waals surface area contributed by atoms with Crippen molar-refractivity contribution in [3.63, 3.8) is 0 Å². The molecule has 1 aliphatic rings. The molecule has 7 nitrogen and oxygen atoms in total. The van der Waals surface area contributed by atoms with Gasteiger partial charge in [-0.25, -0.2) is 4.98 Å². The summed E-state index contributed by atoms with van der Waals surface area (Å²) in [5.41, 5.74) is -1.00. The summed E-state index contributed by atoms with van der Waals surface area (Å²) in [5.74, 6) is -0.191. The fourth-order valence-electron chi connectivity index (χ4n) is 2.71. The maximum atomic E-state index is 11.6. The number of hydrogen-bond acceptors (Lipinski definition) is 5. The summed E-state index contributed by atoms with van der Waals surface area (Å²) in [5, 5.41) is 23.3. The molecule has 1 aromatic heterocycles. The SMILES string of the molecule is CC1CCC(CNc2ncccc2[N+](=O)[O-])(C(=O)O)CC1. The van der Waals surface area contributed by atoms with Gasteiger partial charge in [-0.1, -0.05) is 6.92 Å². The van der Waals surface area contributed by atoms with Crippen LogP contribution in [0.4, 0.5) is 11.5 Å². The maximum Gasteiger partial charge on any atom is 0.311 e. The Morgan fingerprint density at radius 1 is 1.57 bits per heavy atom. The zero-order valence-corrected chi connectivity index (χ0v) is 11.9. The molecule has 114 valence electrons. The molecule has 0 unspecified atom stereocenters. The number of nitro groups is 1. The van der Waals surface area contributed by atoms with Crippen LogP contribution in [0.3, 0.4) is 0 Å². The van der Waals surface area contributed by atoms with E-state index >= 15 is 0 Å². The average Bonchev–Trinajstić information content (AvgIpc) is 2.47. The summed E-state index contributed by atoms with van der Waals surface area (Å²) in [6.07, 6.45) is 4.33. The minimum atomic E-state index is -0.863. The van der Waals surface area contributed by atoms with Gasteiger partial charge in [-0.05, 0) is 37.7 Å². The summed E-state index contributed by atoms with van der Waals surface area (Å²) < 4.78 is 0. The Morgan fingerprint density at radius 2 is 2.24 bits per heavy atom. The molecule has 0 amide bonds. The van der Waals surface area contributed by atoms with Gasteiger partial charge in [0.05, 0.1) is 10.3 Å². The smallest absolute Gasteiger partial charge is 0.311 e. The monoisotopic (exact) mass is 293 g/mol. The number of hydrogen-bond donors (Lipinski definition) is 2. The quantitative estimate of drug-likeness (QED) is 0.638. The van der Waals surface area contributed by atoms with Gasteiger partial charge in [0, 0.05) is 18.8 Å². The number of pyridine rings is 1. The molecule has 0 bridgehead atoms. The van der Waals surface area contributed by atoms with Gasteiger partial charge >= 0.3 is 11.7 Å². The van der Waals surface area contributed by atoms with E-state index in [4.69, 9.17) is 0 Å². The predicted molar refractivity (Wildman–Crippen MR) is 77.1 cm³/mol. The molecule has 1 heterocycles. The summed E-state index contributed by atoms with van der Waals surface area (Å²) in [6, 6.07) is 2.84. The average molecular weight is 293 g/mol. The second-order valence-corrected chi connectivity index (χ2v) is 5.75. The second kappa shape index (κ2) is 6.07. The van der Waals surface area contributed by atoms with Crippen molar-refractivity contribution in [2.45, 2.75) is 32.6 Å². The molecule has 0 spiro atoms. The molecule has 7 heteroatoms. The highest BCUT2D eigenvalue weighted by Crippen LogP contribution is 2.39. The molecule has 0 aromatic carbocycles. The third kappa shape index (κ3) is 3.29. The minimum absolute atomic E-state index is 0.127. The van der Waals surface area contributed by atoms with Crippen LogP contribution in [0.2, 0.25) is 0 Å². The van der Waals surface area contributed by atoms with Crippen molar-refractivity contribution >= 4 is 17.5 Å². The number of rotatable bonds is 5. The molecule has 1 aliphatic carbocycles. The largest absolute Gasteiger partial charge is 0.481 e. The van der Waals surface area contributed by atoms with E-state index in [0.717, 1.165) is 12.8 Å². The summed E-state index contributed by atoms with van der Waals surface area (Å²) in [4.78, 5) is 26.0. The third-order valence-corrected chi connectivity index (χ3v) is 4.26. The fourth-order valence-corrected chi connectivity index (χ4v) is 2.71. The Hall–Kier alpha value is -2.18. The lowest BCUT2D eigenvalue weighted by atomic mass is 9.71. The molecule has 0 saturated heterocycles. The van der Waals surface area contributed by atoms with E-state index in [-0.39, 0.29) is 18.1 Å². The van der Waals surface area contributed by atoms with Gasteiger partial charge in [0.15, 0.2) is 0 Å². The van der Waals surface area contributed by atoms with Crippen LogP contribution in [0.5, 0.6) is 0 Å². The molecule has 0 radical (unpaired) electrons. The molecule has 1 saturated carbocycles. The molecule has 0 aliphatic heterocycles. The van der Waals surface area contributed by atoms with Crippen molar-refractivity contribution in [2.75, 3.05) is 11.9 Å². The molecule has 21 heavy (non-hydrogen) atoms. The lowest BCUT2D eigenvalue weighted by Gasteiger charge is -2.35. The van der Waals surface area contributed by atoms with Gasteiger partial charge in [-0.2, -0.15) is 0 Å². The Balaban J connectivity index is 2.13. The van der Waals surface area contributed by atoms with Gasteiger partial charge in [0.25, 0.3) is 0 Å². The molecular formula is C14H19N3O4. The van der Waals surface area contributed by atoms with E-state index in [0.29, 0.717) is 18.8 Å². The van der Waals surface area contributed by atoms with Crippen molar-refractivity contribution in [2.24, 2.45) is 11.3 Å². The van der Waals surface area contributed by atoms with Crippen LogP contribution in [0.1, 0.15) is 32.6 Å². The van der Waals surface area contributed by atoms with E-state index in [2.05, 4.69) is 17.2 Å². The van der Waals surface area contributed by atoms with E-state index < -0.39 is 16.3 Å². The highest BCUT2D eigenvalue weighted by molar-refractivity contribution is 5.76. The third-order valence-electron chi connectivity index (χ3n) is 4.26. The van der Waals surface area contributed by atoms with Gasteiger partial charge in [0.1, 0.15) is 0 Å². The lowest BCUT2D eigenvalue weighted by Crippen LogP contribution is -2.41. The van der Waals surface area contributed by atoms with E-state index in [1.807, 2.05) is 0 Å². The van der Waals surface area contributed by atoms with E-state index in [9.17, 15) is 20.0 Å². The number of anilines is 1. The number of aromatic nitrogens is 1. The van der Waals surface area contributed by atoms with Crippen molar-refractivity contribution in [3.8, 4) is 0 Å². The van der Waals surface area contributed by atoms with E-state index in [1.54, 1.807) is 0 Å². The predicted octanol–water partition coefficient (Wildman–Crippen LogP) is 2.68. The first-order chi connectivity index (χ1) is 9.94. The number of carbonyl (C=O) groups is 1. The Labute approximate surface area is 122 Å². The van der Waals surface area contributed by atoms with Gasteiger partial charge in [-0.15, -0.1) is 0 Å². The maximum absolute atomic E-state index is 11.6. The Bertz CT molecular complexity index is 539. The molecule has 2 N–H and O–H groups in total. The lowest BCUT2D eigenvalue weighted by molar-refractivity contribution is -0.384. The minimum Gasteiger partial charge on any atom is -0.481 e. The molecule has 2 rings (SSSR count). The van der Waals surface area contributed by atoms with Crippen LogP contribution < -0.4 is 5.32 Å². The Morgan fingerprint density at radius 3 is 2.81 bits per heavy atom. The zero-order valence-electron chi connectivity index (χ0n) is 11.9. The van der Waals surface area contributed by atoms with Gasteiger partial charge in [0.2, 0.25) is 5.82 Å². The first-order valence-corrected chi connectivity index (χ1v) is 7.01. The van der Waals surface area contributed by atoms with E-state index in [1.165, 1.54) is 18.3 Å². The fraction of sp³-hybridized carbons (Fsp3) is 0.571. The standard InChI is InChI=1S/C14H19N3O4/c1-10-4-6-14(7-5-10,13(18)19)9-16-12-11(17(20)21)3-2-8-15-12/h2-3,8,10H,4-7,9H2,1H3,(H,15,16)(H,18,19). The van der Waals surface area contributed by atoms with Crippen LogP contribution in [-0.4, -0.2) is 27.5 Å². The zero-order chi connectivity index (χ0) is 15.5. The second-order valence-electron chi connectivity index (χ2n) is 5.75. The topological polar surface area (TPSA) is 105 Å². The van der Waals surface area contributed by atoms with Crippen molar-refractivity contribution in [1.82, 2.24) is 4.98 Å². The van der Waals surface area contributed by atoms with Crippen LogP contribution in [0.15, 0.2) is 18.3 Å². The van der Waals surface area contributed by atoms with Crippen LogP contribution >= 0.6 is 0 Å². The van der Waals surface area contributed by atoms with Crippen molar-refractivity contribution in [3.05, 3.63) is 28.4 Å². The summed E-state index contributed by atoms with van der Waals surface area (Å²) >= 11 is 0.